The second kappa shape index (κ2) is 6.93. The molecule has 0 aliphatic heterocycles. The molecule has 0 bridgehead atoms. The van der Waals surface area contributed by atoms with Gasteiger partial charge < -0.3 is 9.88 Å². The fraction of sp³-hybridized carbons (Fsp3) is 0.353. The van der Waals surface area contributed by atoms with Crippen molar-refractivity contribution in [1.29, 1.82) is 0 Å². The summed E-state index contributed by atoms with van der Waals surface area (Å²) in [7, 11) is 0. The molecule has 0 atom stereocenters. The van der Waals surface area contributed by atoms with E-state index in [1.165, 1.54) is 0 Å². The smallest absolute Gasteiger partial charge is 0.0945 e. The largest absolute Gasteiger partial charge is 0.337 e. The van der Waals surface area contributed by atoms with Gasteiger partial charge >= 0.3 is 0 Å². The molecule has 0 fully saturated rings. The van der Waals surface area contributed by atoms with E-state index >= 15 is 0 Å². The Hall–Kier alpha value is -2.05. The highest BCUT2D eigenvalue weighted by Gasteiger charge is 2.11. The molecule has 0 unspecified atom stereocenters. The Morgan fingerprint density at radius 3 is 2.75 bits per heavy atom. The Morgan fingerprint density at radius 2 is 2.05 bits per heavy atom. The van der Waals surface area contributed by atoms with Crippen LogP contribution in [-0.4, -0.2) is 21.6 Å². The van der Waals surface area contributed by atoms with E-state index in [1.807, 2.05) is 49.1 Å². The quantitative estimate of drug-likeness (QED) is 0.667. The zero-order valence-electron chi connectivity index (χ0n) is 12.1. The maximum Gasteiger partial charge on any atom is 0.0945 e. The average molecular weight is 267 g/mol. The molecule has 0 radical (unpaired) electrons. The first-order valence-corrected chi connectivity index (χ1v) is 6.95. The second-order valence-electron chi connectivity index (χ2n) is 5.32. The summed E-state index contributed by atoms with van der Waals surface area (Å²) >= 11 is 0. The number of aromatic nitrogens is 2. The van der Waals surface area contributed by atoms with E-state index in [0.717, 1.165) is 25.1 Å². The van der Waals surface area contributed by atoms with Gasteiger partial charge in [0.1, 0.15) is 0 Å². The zero-order valence-corrected chi connectivity index (χ0v) is 12.1. The lowest BCUT2D eigenvalue weighted by molar-refractivity contribution is 0.468. The second-order valence-corrected chi connectivity index (χ2v) is 5.32. The molecule has 104 valence electrons. The topological polar surface area (TPSA) is 29.9 Å². The molecular weight excluding hydrogens is 246 g/mol. The van der Waals surface area contributed by atoms with Gasteiger partial charge in [0.05, 0.1) is 11.9 Å². The molecule has 3 nitrogen and oxygen atoms in total. The van der Waals surface area contributed by atoms with Crippen LogP contribution in [0.1, 0.15) is 25.8 Å². The molecule has 1 N–H and O–H groups in total. The molecular formula is C17H21N3. The van der Waals surface area contributed by atoms with Gasteiger partial charge in [-0.05, 0) is 38.9 Å². The van der Waals surface area contributed by atoms with E-state index < -0.39 is 0 Å². The van der Waals surface area contributed by atoms with Crippen molar-refractivity contribution in [1.82, 2.24) is 14.9 Å². The summed E-state index contributed by atoms with van der Waals surface area (Å²) in [6, 6.07) is 10.1. The van der Waals surface area contributed by atoms with E-state index in [2.05, 4.69) is 40.6 Å². The molecule has 2 rings (SSSR count). The van der Waals surface area contributed by atoms with Crippen LogP contribution in [0.15, 0.2) is 49.1 Å². The minimum absolute atomic E-state index is 0.176. The molecule has 0 aliphatic carbocycles. The third kappa shape index (κ3) is 4.91. The fourth-order valence-electron chi connectivity index (χ4n) is 1.88. The molecule has 1 heterocycles. The summed E-state index contributed by atoms with van der Waals surface area (Å²) in [5.74, 6) is 6.50. The fourth-order valence-corrected chi connectivity index (χ4v) is 1.88. The van der Waals surface area contributed by atoms with Crippen molar-refractivity contribution in [3.05, 3.63) is 54.6 Å². The maximum atomic E-state index is 4.03. The molecule has 0 amide bonds. The van der Waals surface area contributed by atoms with Gasteiger partial charge in [-0.15, -0.1) is 0 Å². The van der Waals surface area contributed by atoms with E-state index in [9.17, 15) is 0 Å². The molecule has 0 saturated heterocycles. The van der Waals surface area contributed by atoms with Crippen molar-refractivity contribution in [2.45, 2.75) is 32.4 Å². The highest BCUT2D eigenvalue weighted by molar-refractivity contribution is 5.36. The minimum Gasteiger partial charge on any atom is -0.337 e. The van der Waals surface area contributed by atoms with E-state index in [1.54, 1.807) is 0 Å². The molecule has 0 spiro atoms. The molecule has 20 heavy (non-hydrogen) atoms. The highest BCUT2D eigenvalue weighted by atomic mass is 15.0. The highest BCUT2D eigenvalue weighted by Crippen LogP contribution is 2.02. The van der Waals surface area contributed by atoms with E-state index in [4.69, 9.17) is 0 Å². The van der Waals surface area contributed by atoms with Crippen molar-refractivity contribution in [2.24, 2.45) is 0 Å². The van der Waals surface area contributed by atoms with Crippen LogP contribution in [0.4, 0.5) is 0 Å². The molecule has 0 aliphatic rings. The van der Waals surface area contributed by atoms with Crippen LogP contribution < -0.4 is 5.32 Å². The lowest BCUT2D eigenvalue weighted by Crippen LogP contribution is -2.38. The Labute approximate surface area is 121 Å². The van der Waals surface area contributed by atoms with Crippen molar-refractivity contribution >= 4 is 0 Å². The Balaban J connectivity index is 1.78. The Kier molecular flexibility index (Phi) is 4.97. The normalized spacial score (nSPS) is 10.9. The maximum absolute atomic E-state index is 4.03. The van der Waals surface area contributed by atoms with Crippen LogP contribution in [0, 0.1) is 11.8 Å². The molecule has 1 aromatic heterocycles. The third-order valence-electron chi connectivity index (χ3n) is 3.01. The lowest BCUT2D eigenvalue weighted by Gasteiger charge is -2.19. The van der Waals surface area contributed by atoms with Crippen molar-refractivity contribution in [3.8, 4) is 11.8 Å². The van der Waals surface area contributed by atoms with Crippen LogP contribution in [0.3, 0.4) is 0 Å². The van der Waals surface area contributed by atoms with Crippen molar-refractivity contribution < 1.29 is 0 Å². The standard InChI is InChI=1S/C17H21N3/c1-17(2,10-9-16-7-4-3-5-8-16)19-11-6-13-20-14-12-18-15-20/h3-5,7-8,12,14-15,19H,6,11,13H2,1-2H3. The van der Waals surface area contributed by atoms with E-state index in [-0.39, 0.29) is 5.54 Å². The van der Waals surface area contributed by atoms with Gasteiger partial charge in [0.25, 0.3) is 0 Å². The van der Waals surface area contributed by atoms with Crippen molar-refractivity contribution in [3.63, 3.8) is 0 Å². The van der Waals surface area contributed by atoms with Gasteiger partial charge in [-0.2, -0.15) is 0 Å². The Bertz CT molecular complexity index is 559. The first kappa shape index (κ1) is 14.4. The molecule has 0 saturated carbocycles. The molecule has 2 aromatic rings. The lowest BCUT2D eigenvalue weighted by atomic mass is 10.1. The van der Waals surface area contributed by atoms with Gasteiger partial charge in [0.2, 0.25) is 0 Å². The van der Waals surface area contributed by atoms with Crippen LogP contribution >= 0.6 is 0 Å². The van der Waals surface area contributed by atoms with Crippen LogP contribution in [0.25, 0.3) is 0 Å². The van der Waals surface area contributed by atoms with Crippen LogP contribution in [0.5, 0.6) is 0 Å². The Morgan fingerprint density at radius 1 is 1.25 bits per heavy atom. The minimum atomic E-state index is -0.176. The molecule has 3 heteroatoms. The summed E-state index contributed by atoms with van der Waals surface area (Å²) in [5.41, 5.74) is 0.880. The SMILES string of the molecule is CC(C)(C#Cc1ccccc1)NCCCn1ccnc1. The first-order valence-electron chi connectivity index (χ1n) is 6.95. The van der Waals surface area contributed by atoms with Crippen LogP contribution in [0.2, 0.25) is 0 Å². The van der Waals surface area contributed by atoms with Gasteiger partial charge in [-0.1, -0.05) is 30.0 Å². The number of hydrogen-bond donors (Lipinski definition) is 1. The van der Waals surface area contributed by atoms with Crippen LogP contribution in [-0.2, 0) is 6.54 Å². The van der Waals surface area contributed by atoms with Gasteiger partial charge in [0.15, 0.2) is 0 Å². The number of hydrogen-bond acceptors (Lipinski definition) is 2. The summed E-state index contributed by atoms with van der Waals surface area (Å²) in [6.45, 7) is 6.14. The third-order valence-corrected chi connectivity index (χ3v) is 3.01. The molecule has 1 aromatic carbocycles. The summed E-state index contributed by atoms with van der Waals surface area (Å²) < 4.78 is 2.09. The number of rotatable bonds is 5. The van der Waals surface area contributed by atoms with Crippen molar-refractivity contribution in [2.75, 3.05) is 6.54 Å². The predicted octanol–water partition coefficient (Wildman–Crippen LogP) is 2.69. The summed E-state index contributed by atoms with van der Waals surface area (Å²) in [6.07, 6.45) is 6.70. The first-order chi connectivity index (χ1) is 9.66. The van der Waals surface area contributed by atoms with Gasteiger partial charge in [0, 0.05) is 24.5 Å². The predicted molar refractivity (Wildman–Crippen MR) is 82.2 cm³/mol. The van der Waals surface area contributed by atoms with E-state index in [0.29, 0.717) is 0 Å². The van der Waals surface area contributed by atoms with Gasteiger partial charge in [-0.3, -0.25) is 0 Å². The number of imidazole rings is 1. The number of benzene rings is 1. The van der Waals surface area contributed by atoms with Gasteiger partial charge in [-0.25, -0.2) is 4.98 Å². The zero-order chi connectivity index (χ0) is 14.3. The monoisotopic (exact) mass is 267 g/mol. The number of nitrogens with zero attached hydrogens (tertiary/aromatic N) is 2. The number of nitrogens with one attached hydrogen (secondary N) is 1. The average Bonchev–Trinajstić information content (AvgIpc) is 2.96. The summed E-state index contributed by atoms with van der Waals surface area (Å²) in [4.78, 5) is 4.03. The number of aryl methyl sites for hydroxylation is 1. The summed E-state index contributed by atoms with van der Waals surface area (Å²) in [5, 5.41) is 3.48.